The number of phenols is 2. The summed E-state index contributed by atoms with van der Waals surface area (Å²) in [6, 6.07) is 7.62. The molecule has 0 aliphatic rings. The Labute approximate surface area is 166 Å². The zero-order valence-corrected chi connectivity index (χ0v) is 15.3. The second-order valence-electron chi connectivity index (χ2n) is 5.81. The van der Waals surface area contributed by atoms with Gasteiger partial charge in [-0.2, -0.15) is 8.42 Å². The molecule has 0 saturated carbocycles. The average molecular weight is 434 g/mol. The molecule has 0 spiro atoms. The van der Waals surface area contributed by atoms with Gasteiger partial charge in [-0.15, -0.1) is 10.2 Å². The number of rotatable bonds is 5. The van der Waals surface area contributed by atoms with Crippen LogP contribution in [0.4, 0.5) is 22.7 Å². The van der Waals surface area contributed by atoms with Crippen LogP contribution in [0.25, 0.3) is 10.8 Å². The molecule has 0 bridgehead atoms. The number of nitro groups is 2. The first-order valence-electron chi connectivity index (χ1n) is 7.80. The summed E-state index contributed by atoms with van der Waals surface area (Å²) in [6.07, 6.45) is 0. The van der Waals surface area contributed by atoms with E-state index < -0.39 is 53.4 Å². The summed E-state index contributed by atoms with van der Waals surface area (Å²) < 4.78 is 32.5. The van der Waals surface area contributed by atoms with Crippen LogP contribution in [0.3, 0.4) is 0 Å². The highest BCUT2D eigenvalue weighted by molar-refractivity contribution is 7.86. The summed E-state index contributed by atoms with van der Waals surface area (Å²) in [6.45, 7) is 0. The Hall–Kier alpha value is -4.17. The molecule has 30 heavy (non-hydrogen) atoms. The van der Waals surface area contributed by atoms with Gasteiger partial charge in [0.1, 0.15) is 22.0 Å². The van der Waals surface area contributed by atoms with Crippen molar-refractivity contribution in [3.63, 3.8) is 0 Å². The van der Waals surface area contributed by atoms with Crippen molar-refractivity contribution in [3.05, 3.63) is 62.7 Å². The fourth-order valence-electron chi connectivity index (χ4n) is 2.65. The van der Waals surface area contributed by atoms with Crippen LogP contribution < -0.4 is 0 Å². The van der Waals surface area contributed by atoms with Gasteiger partial charge in [-0.05, 0) is 0 Å². The lowest BCUT2D eigenvalue weighted by Crippen LogP contribution is -1.99. The number of nitrogens with zero attached hydrogens (tertiary/aromatic N) is 4. The van der Waals surface area contributed by atoms with Gasteiger partial charge in [-0.3, -0.25) is 24.8 Å². The Bertz CT molecular complexity index is 1350. The number of hydrogen-bond acceptors (Lipinski definition) is 10. The van der Waals surface area contributed by atoms with Gasteiger partial charge in [-0.1, -0.05) is 24.3 Å². The predicted molar refractivity (Wildman–Crippen MR) is 101 cm³/mol. The van der Waals surface area contributed by atoms with Crippen LogP contribution >= 0.6 is 0 Å². The van der Waals surface area contributed by atoms with Gasteiger partial charge in [0.25, 0.3) is 15.8 Å². The quantitative estimate of drug-likeness (QED) is 0.231. The van der Waals surface area contributed by atoms with Gasteiger partial charge in [0.15, 0.2) is 0 Å². The van der Waals surface area contributed by atoms with E-state index in [0.29, 0.717) is 6.07 Å². The Balaban J connectivity index is 2.24. The number of hydrogen-bond donors (Lipinski definition) is 3. The molecule has 0 aliphatic carbocycles. The third-order valence-corrected chi connectivity index (χ3v) is 4.85. The van der Waals surface area contributed by atoms with Crippen molar-refractivity contribution in [2.45, 2.75) is 4.90 Å². The highest BCUT2D eigenvalue weighted by atomic mass is 32.2. The fraction of sp³-hybridized carbons (Fsp3) is 0. The maximum Gasteiger partial charge on any atom is 0.319 e. The molecular formula is C16H10N4O9S. The van der Waals surface area contributed by atoms with Crippen LogP contribution in [0.1, 0.15) is 0 Å². The van der Waals surface area contributed by atoms with Gasteiger partial charge >= 0.3 is 5.69 Å². The second-order valence-corrected chi connectivity index (χ2v) is 7.20. The van der Waals surface area contributed by atoms with E-state index in [1.807, 2.05) is 0 Å². The number of azo groups is 1. The Morgan fingerprint density at radius 3 is 2.10 bits per heavy atom. The lowest BCUT2D eigenvalue weighted by atomic mass is 10.1. The summed E-state index contributed by atoms with van der Waals surface area (Å²) in [5.74, 6) is -1.71. The second kappa shape index (κ2) is 7.34. The van der Waals surface area contributed by atoms with E-state index >= 15 is 0 Å². The SMILES string of the molecule is O=[N+]([O-])c1cc(N=Nc2c(O)cc(S(=O)(=O)O)c3ccccc23)c(O)c([N+](=O)[O-])c1. The minimum atomic E-state index is -4.70. The summed E-state index contributed by atoms with van der Waals surface area (Å²) in [4.78, 5) is 19.4. The molecule has 0 unspecified atom stereocenters. The topological polar surface area (TPSA) is 206 Å². The zero-order chi connectivity index (χ0) is 22.2. The smallest absolute Gasteiger partial charge is 0.319 e. The molecule has 0 saturated heterocycles. The van der Waals surface area contributed by atoms with Crippen molar-refractivity contribution in [1.82, 2.24) is 0 Å². The van der Waals surface area contributed by atoms with E-state index in [9.17, 15) is 43.4 Å². The van der Waals surface area contributed by atoms with Gasteiger partial charge < -0.3 is 10.2 Å². The molecule has 3 N–H and O–H groups in total. The maximum absolute atomic E-state index is 11.6. The monoisotopic (exact) mass is 434 g/mol. The van der Waals surface area contributed by atoms with Crippen LogP contribution in [-0.4, -0.2) is 33.0 Å². The molecule has 14 heteroatoms. The average Bonchev–Trinajstić information content (AvgIpc) is 2.66. The van der Waals surface area contributed by atoms with Crippen molar-refractivity contribution in [3.8, 4) is 11.5 Å². The fourth-order valence-corrected chi connectivity index (χ4v) is 3.36. The van der Waals surface area contributed by atoms with Gasteiger partial charge in [0.2, 0.25) is 5.75 Å². The Morgan fingerprint density at radius 1 is 0.900 bits per heavy atom. The summed E-state index contributed by atoms with van der Waals surface area (Å²) >= 11 is 0. The molecule has 3 aromatic carbocycles. The van der Waals surface area contributed by atoms with E-state index in [4.69, 9.17) is 0 Å². The van der Waals surface area contributed by atoms with Crippen LogP contribution in [-0.2, 0) is 10.1 Å². The van der Waals surface area contributed by atoms with E-state index in [0.717, 1.165) is 12.1 Å². The number of phenolic OH excluding ortho intramolecular Hbond substituents is 2. The number of benzene rings is 3. The lowest BCUT2D eigenvalue weighted by molar-refractivity contribution is -0.394. The van der Waals surface area contributed by atoms with Crippen molar-refractivity contribution in [2.24, 2.45) is 10.2 Å². The molecule has 0 amide bonds. The van der Waals surface area contributed by atoms with Crippen LogP contribution in [0.15, 0.2) is 57.6 Å². The van der Waals surface area contributed by atoms with E-state index in [1.54, 1.807) is 0 Å². The summed E-state index contributed by atoms with van der Waals surface area (Å²) in [5, 5.41) is 49.4. The third-order valence-electron chi connectivity index (χ3n) is 3.96. The van der Waals surface area contributed by atoms with E-state index in [2.05, 4.69) is 10.2 Å². The summed E-state index contributed by atoms with van der Waals surface area (Å²) in [5.41, 5.74) is -2.64. The van der Waals surface area contributed by atoms with E-state index in [-0.39, 0.29) is 16.5 Å². The minimum Gasteiger partial charge on any atom is -0.506 e. The molecule has 0 fully saturated rings. The van der Waals surface area contributed by atoms with Crippen molar-refractivity contribution in [2.75, 3.05) is 0 Å². The molecule has 0 radical (unpaired) electrons. The molecule has 0 heterocycles. The Kier molecular flexibility index (Phi) is 5.03. The molecule has 154 valence electrons. The molecule has 0 atom stereocenters. The van der Waals surface area contributed by atoms with Crippen LogP contribution in [0, 0.1) is 20.2 Å². The number of fused-ring (bicyclic) bond motifs is 1. The Morgan fingerprint density at radius 2 is 1.53 bits per heavy atom. The van der Waals surface area contributed by atoms with Gasteiger partial charge in [-0.25, -0.2) is 0 Å². The molecule has 0 aromatic heterocycles. The first-order valence-corrected chi connectivity index (χ1v) is 9.24. The van der Waals surface area contributed by atoms with E-state index in [1.165, 1.54) is 24.3 Å². The standard InChI is InChI=1S/C16H10N4O9S/c21-13-7-14(30(27,28)29)9-3-1-2-4-10(9)15(13)18-17-11-5-8(19(23)24)6-12(16(11)22)20(25)26/h1-7,21-22H,(H,27,28,29). The first kappa shape index (κ1) is 20.6. The van der Waals surface area contributed by atoms with Crippen molar-refractivity contribution < 1.29 is 33.0 Å². The number of aromatic hydroxyl groups is 2. The number of nitro benzene ring substituents is 2. The van der Waals surface area contributed by atoms with Crippen LogP contribution in [0.2, 0.25) is 0 Å². The number of non-ortho nitro benzene ring substituents is 1. The summed E-state index contributed by atoms with van der Waals surface area (Å²) in [7, 11) is -4.70. The molecule has 13 nitrogen and oxygen atoms in total. The minimum absolute atomic E-state index is 0.0130. The largest absolute Gasteiger partial charge is 0.506 e. The van der Waals surface area contributed by atoms with Crippen molar-refractivity contribution >= 4 is 43.6 Å². The zero-order valence-electron chi connectivity index (χ0n) is 14.5. The normalized spacial score (nSPS) is 11.8. The molecule has 3 rings (SSSR count). The molecular weight excluding hydrogens is 424 g/mol. The van der Waals surface area contributed by atoms with Crippen LogP contribution in [0.5, 0.6) is 11.5 Å². The maximum atomic E-state index is 11.6. The predicted octanol–water partition coefficient (Wildman–Crippen LogP) is 3.73. The molecule has 3 aromatic rings. The lowest BCUT2D eigenvalue weighted by Gasteiger charge is -2.08. The van der Waals surface area contributed by atoms with Gasteiger partial charge in [0, 0.05) is 22.9 Å². The van der Waals surface area contributed by atoms with Crippen molar-refractivity contribution in [1.29, 1.82) is 0 Å². The molecule has 0 aliphatic heterocycles. The third kappa shape index (κ3) is 3.71. The highest BCUT2D eigenvalue weighted by Crippen LogP contribution is 2.43. The highest BCUT2D eigenvalue weighted by Gasteiger charge is 2.24. The first-order chi connectivity index (χ1) is 14.0. The van der Waals surface area contributed by atoms with Gasteiger partial charge in [0.05, 0.1) is 15.9 Å².